The van der Waals surface area contributed by atoms with Crippen LogP contribution in [-0.4, -0.2) is 12.6 Å². The summed E-state index contributed by atoms with van der Waals surface area (Å²) in [6.07, 6.45) is 6.70. The fourth-order valence-corrected chi connectivity index (χ4v) is 2.67. The molecule has 1 atom stereocenters. The monoisotopic (exact) mass is 271 g/mol. The zero-order chi connectivity index (χ0) is 13.8. The van der Waals surface area contributed by atoms with Crippen LogP contribution in [0.3, 0.4) is 0 Å². The highest BCUT2D eigenvalue weighted by atomic mass is 16.5. The Hall–Kier alpha value is -1.74. The molecule has 1 aromatic carbocycles. The van der Waals surface area contributed by atoms with E-state index >= 15 is 0 Å². The van der Waals surface area contributed by atoms with E-state index in [1.54, 1.807) is 6.26 Å². The normalized spacial score (nSPS) is 14.8. The number of nitrogens with two attached hydrogens (primary N) is 1. The number of hydrogen-bond acceptors (Lipinski definition) is 3. The van der Waals surface area contributed by atoms with Gasteiger partial charge in [0.1, 0.15) is 11.5 Å². The lowest BCUT2D eigenvalue weighted by atomic mass is 10.00. The average molecular weight is 271 g/mol. The summed E-state index contributed by atoms with van der Waals surface area (Å²) in [5, 5.41) is 0. The fraction of sp³-hybridized carbons (Fsp3) is 0.412. The Kier molecular flexibility index (Phi) is 4.07. The number of fused-ring (bicyclic) bond motifs is 1. The van der Waals surface area contributed by atoms with Gasteiger partial charge in [0.05, 0.1) is 12.9 Å². The smallest absolute Gasteiger partial charge is 0.122 e. The van der Waals surface area contributed by atoms with Crippen molar-refractivity contribution in [3.63, 3.8) is 0 Å². The Morgan fingerprint density at radius 3 is 2.90 bits per heavy atom. The Balaban J connectivity index is 1.46. The van der Waals surface area contributed by atoms with Crippen LogP contribution in [0.5, 0.6) is 5.75 Å². The van der Waals surface area contributed by atoms with E-state index in [0.29, 0.717) is 0 Å². The number of hydrogen-bond donors (Lipinski definition) is 1. The number of aryl methyl sites for hydroxylation is 2. The van der Waals surface area contributed by atoms with Crippen molar-refractivity contribution in [3.05, 3.63) is 53.5 Å². The molecular formula is C17H21NO2. The molecule has 1 aliphatic rings. The molecule has 2 aromatic rings. The van der Waals surface area contributed by atoms with Gasteiger partial charge in [0.2, 0.25) is 0 Å². The van der Waals surface area contributed by atoms with E-state index < -0.39 is 0 Å². The van der Waals surface area contributed by atoms with Crippen molar-refractivity contribution in [1.82, 2.24) is 0 Å². The molecule has 0 radical (unpaired) electrons. The highest BCUT2D eigenvalue weighted by Gasteiger charge is 2.12. The molecule has 0 spiro atoms. The Labute approximate surface area is 119 Å². The first kappa shape index (κ1) is 13.3. The molecule has 0 bridgehead atoms. The zero-order valence-corrected chi connectivity index (χ0v) is 11.7. The van der Waals surface area contributed by atoms with Crippen LogP contribution in [0.2, 0.25) is 0 Å². The lowest BCUT2D eigenvalue weighted by Gasteiger charge is -2.11. The molecule has 3 rings (SSSR count). The molecule has 3 nitrogen and oxygen atoms in total. The van der Waals surface area contributed by atoms with Crippen LogP contribution >= 0.6 is 0 Å². The Morgan fingerprint density at radius 2 is 2.05 bits per heavy atom. The predicted molar refractivity (Wildman–Crippen MR) is 79.0 cm³/mol. The van der Waals surface area contributed by atoms with Crippen molar-refractivity contribution in [1.29, 1.82) is 0 Å². The van der Waals surface area contributed by atoms with Crippen LogP contribution in [0.4, 0.5) is 0 Å². The lowest BCUT2D eigenvalue weighted by molar-refractivity contribution is 0.357. The van der Waals surface area contributed by atoms with Crippen molar-refractivity contribution in [2.24, 2.45) is 5.73 Å². The van der Waals surface area contributed by atoms with Crippen LogP contribution in [0.15, 0.2) is 41.0 Å². The molecular weight excluding hydrogens is 250 g/mol. The van der Waals surface area contributed by atoms with Crippen molar-refractivity contribution in [2.45, 2.75) is 38.1 Å². The molecule has 2 N–H and O–H groups in total. The van der Waals surface area contributed by atoms with Gasteiger partial charge in [-0.25, -0.2) is 0 Å². The van der Waals surface area contributed by atoms with Gasteiger partial charge in [0, 0.05) is 18.9 Å². The minimum Gasteiger partial charge on any atom is -0.493 e. The summed E-state index contributed by atoms with van der Waals surface area (Å²) in [6.45, 7) is 0.821. The van der Waals surface area contributed by atoms with Gasteiger partial charge in [0.25, 0.3) is 0 Å². The summed E-state index contributed by atoms with van der Waals surface area (Å²) in [5.74, 6) is 2.07. The van der Waals surface area contributed by atoms with Gasteiger partial charge in [-0.2, -0.15) is 0 Å². The maximum atomic E-state index is 6.18. The zero-order valence-electron chi connectivity index (χ0n) is 11.7. The van der Waals surface area contributed by atoms with Gasteiger partial charge < -0.3 is 14.9 Å². The van der Waals surface area contributed by atoms with Crippen molar-refractivity contribution in [2.75, 3.05) is 6.61 Å². The topological polar surface area (TPSA) is 48.4 Å². The molecule has 0 aliphatic carbocycles. The molecule has 3 heteroatoms. The molecule has 1 unspecified atom stereocenters. The minimum absolute atomic E-state index is 0.226. The molecule has 1 aromatic heterocycles. The maximum absolute atomic E-state index is 6.18. The van der Waals surface area contributed by atoms with Crippen LogP contribution in [-0.2, 0) is 19.3 Å². The maximum Gasteiger partial charge on any atom is 0.122 e. The van der Waals surface area contributed by atoms with Gasteiger partial charge in [-0.3, -0.25) is 0 Å². The third-order valence-corrected chi connectivity index (χ3v) is 3.90. The van der Waals surface area contributed by atoms with E-state index in [-0.39, 0.29) is 6.04 Å². The molecule has 2 heterocycles. The quantitative estimate of drug-likeness (QED) is 0.878. The second kappa shape index (κ2) is 6.14. The van der Waals surface area contributed by atoms with E-state index in [4.69, 9.17) is 14.9 Å². The predicted octanol–water partition coefficient (Wildman–Crippen LogP) is 3.11. The van der Waals surface area contributed by atoms with E-state index in [1.165, 1.54) is 11.1 Å². The van der Waals surface area contributed by atoms with Crippen LogP contribution in [0.25, 0.3) is 0 Å². The standard InChI is InChI=1S/C17H21NO2/c18-15(6-7-16-2-1-10-19-16)5-3-13-4-8-17-14(12-13)9-11-20-17/h1-2,4,8,10,12,15H,3,5-7,9,11,18H2. The number of furan rings is 1. The summed E-state index contributed by atoms with van der Waals surface area (Å²) < 4.78 is 10.9. The summed E-state index contributed by atoms with van der Waals surface area (Å²) in [7, 11) is 0. The second-order valence-electron chi connectivity index (χ2n) is 5.46. The fourth-order valence-electron chi connectivity index (χ4n) is 2.67. The first-order valence-electron chi connectivity index (χ1n) is 7.34. The highest BCUT2D eigenvalue weighted by Crippen LogP contribution is 2.26. The van der Waals surface area contributed by atoms with Crippen LogP contribution in [0, 0.1) is 0 Å². The molecule has 0 saturated heterocycles. The SMILES string of the molecule is NC(CCc1ccc2c(c1)CCO2)CCc1ccco1. The number of rotatable bonds is 6. The third kappa shape index (κ3) is 3.23. The van der Waals surface area contributed by atoms with Crippen LogP contribution < -0.4 is 10.5 Å². The summed E-state index contributed by atoms with van der Waals surface area (Å²) in [5.41, 5.74) is 8.89. The van der Waals surface area contributed by atoms with Crippen molar-refractivity contribution >= 4 is 0 Å². The van der Waals surface area contributed by atoms with E-state index in [1.807, 2.05) is 12.1 Å². The molecule has 1 aliphatic heterocycles. The minimum atomic E-state index is 0.226. The van der Waals surface area contributed by atoms with Crippen molar-refractivity contribution < 1.29 is 9.15 Å². The first-order valence-corrected chi connectivity index (χ1v) is 7.34. The van der Waals surface area contributed by atoms with Gasteiger partial charge >= 0.3 is 0 Å². The summed E-state index contributed by atoms with van der Waals surface area (Å²) in [6, 6.07) is 10.7. The molecule has 106 valence electrons. The third-order valence-electron chi connectivity index (χ3n) is 3.90. The van der Waals surface area contributed by atoms with E-state index in [0.717, 1.165) is 50.2 Å². The Bertz CT molecular complexity index is 548. The van der Waals surface area contributed by atoms with Crippen molar-refractivity contribution in [3.8, 4) is 5.75 Å². The molecule has 0 saturated carbocycles. The molecule has 0 fully saturated rings. The molecule has 20 heavy (non-hydrogen) atoms. The van der Waals surface area contributed by atoms with Crippen LogP contribution in [0.1, 0.15) is 29.7 Å². The van der Waals surface area contributed by atoms with Gasteiger partial charge in [-0.05, 0) is 48.6 Å². The Morgan fingerprint density at radius 1 is 1.15 bits per heavy atom. The average Bonchev–Trinajstić information content (AvgIpc) is 3.13. The largest absolute Gasteiger partial charge is 0.493 e. The second-order valence-corrected chi connectivity index (χ2v) is 5.46. The first-order chi connectivity index (χ1) is 9.81. The lowest BCUT2D eigenvalue weighted by Crippen LogP contribution is -2.21. The number of benzene rings is 1. The van der Waals surface area contributed by atoms with Gasteiger partial charge in [-0.1, -0.05) is 12.1 Å². The van der Waals surface area contributed by atoms with Gasteiger partial charge in [0.15, 0.2) is 0 Å². The van der Waals surface area contributed by atoms with E-state index in [2.05, 4.69) is 18.2 Å². The van der Waals surface area contributed by atoms with Gasteiger partial charge in [-0.15, -0.1) is 0 Å². The van der Waals surface area contributed by atoms with E-state index in [9.17, 15) is 0 Å². The molecule has 0 amide bonds. The highest BCUT2D eigenvalue weighted by molar-refractivity contribution is 5.39. The number of ether oxygens (including phenoxy) is 1. The summed E-state index contributed by atoms with van der Waals surface area (Å²) in [4.78, 5) is 0. The summed E-state index contributed by atoms with van der Waals surface area (Å²) >= 11 is 0.